The third-order valence-electron chi connectivity index (χ3n) is 3.91. The number of alkyl halides is 3. The van der Waals surface area contributed by atoms with Crippen molar-refractivity contribution in [2.45, 2.75) is 45.2 Å². The van der Waals surface area contributed by atoms with Gasteiger partial charge >= 0.3 is 6.18 Å². The van der Waals surface area contributed by atoms with Gasteiger partial charge in [-0.15, -0.1) is 11.3 Å². The summed E-state index contributed by atoms with van der Waals surface area (Å²) in [4.78, 5) is 15.9. The van der Waals surface area contributed by atoms with Crippen LogP contribution in [0.3, 0.4) is 0 Å². The highest BCUT2D eigenvalue weighted by atomic mass is 32.1. The molecule has 0 saturated heterocycles. The summed E-state index contributed by atoms with van der Waals surface area (Å²) in [7, 11) is 0. The van der Waals surface area contributed by atoms with Crippen molar-refractivity contribution in [2.24, 2.45) is 0 Å². The quantitative estimate of drug-likeness (QED) is 0.710. The van der Waals surface area contributed by atoms with Gasteiger partial charge in [-0.3, -0.25) is 4.79 Å². The monoisotopic (exact) mass is 402 g/mol. The lowest BCUT2D eigenvalue weighted by molar-refractivity contribution is -0.267. The minimum Gasteiger partial charge on any atom is -0.377 e. The smallest absolute Gasteiger partial charge is 0.377 e. The maximum Gasteiger partial charge on any atom is 0.424 e. The number of thiazole rings is 1. The van der Waals surface area contributed by atoms with E-state index in [1.807, 2.05) is 19.1 Å². The van der Waals surface area contributed by atoms with E-state index >= 15 is 0 Å². The number of nitrogens with one attached hydrogen (secondary N) is 1. The van der Waals surface area contributed by atoms with Gasteiger partial charge < -0.3 is 15.2 Å². The molecular weight excluding hydrogens is 381 g/mol. The molecule has 2 rings (SSSR count). The number of amides is 1. The van der Waals surface area contributed by atoms with Crippen molar-refractivity contribution in [3.8, 4) is 0 Å². The van der Waals surface area contributed by atoms with Crippen LogP contribution in [-0.2, 0) is 28.3 Å². The van der Waals surface area contributed by atoms with Crippen LogP contribution in [0.5, 0.6) is 0 Å². The Kier molecular flexibility index (Phi) is 6.96. The van der Waals surface area contributed by atoms with Crippen molar-refractivity contribution < 1.29 is 27.8 Å². The second-order valence-corrected chi connectivity index (χ2v) is 6.87. The van der Waals surface area contributed by atoms with Crippen LogP contribution in [-0.4, -0.2) is 28.8 Å². The molecule has 0 bridgehead atoms. The van der Waals surface area contributed by atoms with Gasteiger partial charge in [0.1, 0.15) is 5.01 Å². The first-order chi connectivity index (χ1) is 12.7. The van der Waals surface area contributed by atoms with E-state index < -0.39 is 29.1 Å². The predicted octanol–water partition coefficient (Wildman–Crippen LogP) is 3.44. The number of carbonyl (C=O) groups excluding carboxylic acids is 1. The van der Waals surface area contributed by atoms with E-state index in [0.29, 0.717) is 30.2 Å². The normalized spacial score (nSPS) is 14.0. The first-order valence-electron chi connectivity index (χ1n) is 8.30. The molecule has 9 heteroatoms. The number of rotatable bonds is 8. The Morgan fingerprint density at radius 2 is 1.96 bits per heavy atom. The molecule has 2 aromatic rings. The zero-order valence-electron chi connectivity index (χ0n) is 15.0. The molecule has 1 unspecified atom stereocenters. The van der Waals surface area contributed by atoms with Gasteiger partial charge in [-0.05, 0) is 25.0 Å². The Hall–Kier alpha value is -1.97. The molecule has 5 nitrogen and oxygen atoms in total. The largest absolute Gasteiger partial charge is 0.424 e. The lowest BCUT2D eigenvalue weighted by Crippen LogP contribution is -2.46. The van der Waals surface area contributed by atoms with E-state index in [1.165, 1.54) is 12.3 Å². The molecule has 2 N–H and O–H groups in total. The van der Waals surface area contributed by atoms with Crippen molar-refractivity contribution in [1.29, 1.82) is 0 Å². The Morgan fingerprint density at radius 3 is 2.52 bits per heavy atom. The molecule has 27 heavy (non-hydrogen) atoms. The molecule has 0 radical (unpaired) electrons. The van der Waals surface area contributed by atoms with Crippen molar-refractivity contribution in [1.82, 2.24) is 10.3 Å². The van der Waals surface area contributed by atoms with Crippen LogP contribution in [0.4, 0.5) is 13.2 Å². The van der Waals surface area contributed by atoms with Crippen LogP contribution >= 0.6 is 11.3 Å². The van der Waals surface area contributed by atoms with Gasteiger partial charge in [0.15, 0.2) is 0 Å². The molecule has 1 heterocycles. The lowest BCUT2D eigenvalue weighted by Gasteiger charge is -2.28. The minimum atomic E-state index is -5.03. The number of hydrogen-bond acceptors (Lipinski definition) is 5. The molecule has 0 fully saturated rings. The highest BCUT2D eigenvalue weighted by molar-refractivity contribution is 7.09. The number of ether oxygens (including phenoxy) is 1. The number of aromatic nitrogens is 1. The summed E-state index contributed by atoms with van der Waals surface area (Å²) in [6.45, 7) is 4.27. The average Bonchev–Trinajstić information content (AvgIpc) is 3.04. The van der Waals surface area contributed by atoms with Gasteiger partial charge in [0.25, 0.3) is 0 Å². The Morgan fingerprint density at radius 1 is 1.30 bits per heavy atom. The van der Waals surface area contributed by atoms with Crippen LogP contribution in [0, 0.1) is 6.92 Å². The molecular formula is C18H21F3N2O3S. The van der Waals surface area contributed by atoms with Crippen molar-refractivity contribution in [2.75, 3.05) is 6.61 Å². The van der Waals surface area contributed by atoms with E-state index in [2.05, 4.69) is 10.3 Å². The van der Waals surface area contributed by atoms with Crippen LogP contribution < -0.4 is 5.32 Å². The van der Waals surface area contributed by atoms with E-state index in [0.717, 1.165) is 11.1 Å². The number of aryl methyl sites for hydroxylation is 1. The number of carbonyl (C=O) groups is 1. The topological polar surface area (TPSA) is 71.5 Å². The van der Waals surface area contributed by atoms with E-state index in [9.17, 15) is 23.1 Å². The van der Waals surface area contributed by atoms with Gasteiger partial charge in [0, 0.05) is 24.2 Å². The zero-order chi connectivity index (χ0) is 20.1. The SMILES string of the molecule is CCOCc1ccccc1CNC(=O)CC(O)(c1nc(C)cs1)C(F)(F)F. The van der Waals surface area contributed by atoms with Gasteiger partial charge in [0.2, 0.25) is 11.5 Å². The molecule has 0 saturated carbocycles. The van der Waals surface area contributed by atoms with E-state index in [4.69, 9.17) is 4.74 Å². The standard InChI is InChI=1S/C18H21F3N2O3S/c1-3-26-10-14-7-5-4-6-13(14)9-22-15(24)8-17(25,18(19,20)21)16-23-12(2)11-27-16/h4-7,11,25H,3,8-10H2,1-2H3,(H,22,24). The fourth-order valence-electron chi connectivity index (χ4n) is 2.41. The first-order valence-corrected chi connectivity index (χ1v) is 9.18. The van der Waals surface area contributed by atoms with Crippen LogP contribution in [0.2, 0.25) is 0 Å². The van der Waals surface area contributed by atoms with Gasteiger partial charge in [-0.2, -0.15) is 13.2 Å². The third kappa shape index (κ3) is 5.27. The molecule has 0 aliphatic carbocycles. The Balaban J connectivity index is 2.09. The molecule has 1 aromatic carbocycles. The molecule has 0 spiro atoms. The molecule has 1 amide bonds. The summed E-state index contributed by atoms with van der Waals surface area (Å²) in [5.74, 6) is -0.922. The number of benzene rings is 1. The summed E-state index contributed by atoms with van der Waals surface area (Å²) >= 11 is 0.674. The zero-order valence-corrected chi connectivity index (χ0v) is 15.8. The Bertz CT molecular complexity index is 779. The number of aliphatic hydroxyl groups is 1. The van der Waals surface area contributed by atoms with E-state index in [1.54, 1.807) is 12.1 Å². The fourth-order valence-corrected chi connectivity index (χ4v) is 3.33. The molecule has 1 aromatic heterocycles. The highest BCUT2D eigenvalue weighted by Crippen LogP contribution is 2.42. The first kappa shape index (κ1) is 21.3. The second-order valence-electron chi connectivity index (χ2n) is 6.01. The van der Waals surface area contributed by atoms with Crippen LogP contribution in [0.25, 0.3) is 0 Å². The average molecular weight is 402 g/mol. The second kappa shape index (κ2) is 8.81. The summed E-state index contributed by atoms with van der Waals surface area (Å²) < 4.78 is 45.7. The number of nitrogens with zero attached hydrogens (tertiary/aromatic N) is 1. The van der Waals surface area contributed by atoms with Crippen molar-refractivity contribution in [3.05, 3.63) is 51.5 Å². The third-order valence-corrected chi connectivity index (χ3v) is 5.03. The predicted molar refractivity (Wildman–Crippen MR) is 95.0 cm³/mol. The summed E-state index contributed by atoms with van der Waals surface area (Å²) in [5, 5.41) is 13.5. The minimum absolute atomic E-state index is 0.0346. The maximum absolute atomic E-state index is 13.4. The van der Waals surface area contributed by atoms with Crippen LogP contribution in [0.15, 0.2) is 29.6 Å². The Labute approximate surface area is 159 Å². The van der Waals surface area contributed by atoms with Crippen molar-refractivity contribution >= 4 is 17.2 Å². The van der Waals surface area contributed by atoms with Crippen molar-refractivity contribution in [3.63, 3.8) is 0 Å². The summed E-state index contributed by atoms with van der Waals surface area (Å²) in [5.41, 5.74) is -1.40. The van der Waals surface area contributed by atoms with Gasteiger partial charge in [-0.25, -0.2) is 4.98 Å². The summed E-state index contributed by atoms with van der Waals surface area (Å²) in [6.07, 6.45) is -6.18. The lowest BCUT2D eigenvalue weighted by atomic mass is 9.99. The number of halogens is 3. The number of hydrogen-bond donors (Lipinski definition) is 2. The summed E-state index contributed by atoms with van der Waals surface area (Å²) in [6, 6.07) is 7.16. The molecule has 0 aliphatic heterocycles. The molecule has 1 atom stereocenters. The van der Waals surface area contributed by atoms with Gasteiger partial charge in [-0.1, -0.05) is 24.3 Å². The molecule has 0 aliphatic rings. The van der Waals surface area contributed by atoms with E-state index in [-0.39, 0.29) is 6.54 Å². The van der Waals surface area contributed by atoms with Crippen LogP contribution in [0.1, 0.15) is 35.2 Å². The fraction of sp³-hybridized carbons (Fsp3) is 0.444. The van der Waals surface area contributed by atoms with Gasteiger partial charge in [0.05, 0.1) is 13.0 Å². The highest BCUT2D eigenvalue weighted by Gasteiger charge is 2.58. The maximum atomic E-state index is 13.4. The molecule has 148 valence electrons.